The minimum absolute atomic E-state index is 0.0424. The standard InChI is InChI=1S/C16H21N3/c1-16(2,14-6-4-3-5-7-14)15(19-17)12-13-8-10-18-11-9-13/h3-11,15,19H,12,17H2,1-2H3. The van der Waals surface area contributed by atoms with Gasteiger partial charge >= 0.3 is 0 Å². The summed E-state index contributed by atoms with van der Waals surface area (Å²) in [7, 11) is 0. The smallest absolute Gasteiger partial charge is 0.0342 e. The monoisotopic (exact) mass is 255 g/mol. The first-order valence-corrected chi connectivity index (χ1v) is 6.55. The van der Waals surface area contributed by atoms with Gasteiger partial charge in [0.05, 0.1) is 0 Å². The highest BCUT2D eigenvalue weighted by atomic mass is 15.2. The van der Waals surface area contributed by atoms with Crippen molar-refractivity contribution in [1.29, 1.82) is 0 Å². The number of nitrogens with zero attached hydrogens (tertiary/aromatic N) is 1. The molecule has 1 heterocycles. The van der Waals surface area contributed by atoms with Crippen LogP contribution in [-0.2, 0) is 11.8 Å². The lowest BCUT2D eigenvalue weighted by Crippen LogP contribution is -2.49. The number of rotatable bonds is 5. The molecule has 3 nitrogen and oxygen atoms in total. The van der Waals surface area contributed by atoms with Crippen molar-refractivity contribution in [2.24, 2.45) is 5.84 Å². The average Bonchev–Trinajstić information content (AvgIpc) is 2.46. The molecule has 3 N–H and O–H groups in total. The predicted molar refractivity (Wildman–Crippen MR) is 78.5 cm³/mol. The highest BCUT2D eigenvalue weighted by Gasteiger charge is 2.30. The average molecular weight is 255 g/mol. The maximum Gasteiger partial charge on any atom is 0.0342 e. The van der Waals surface area contributed by atoms with E-state index in [1.54, 1.807) is 0 Å². The third kappa shape index (κ3) is 3.19. The van der Waals surface area contributed by atoms with Crippen LogP contribution in [0, 0.1) is 0 Å². The van der Waals surface area contributed by atoms with E-state index < -0.39 is 0 Å². The van der Waals surface area contributed by atoms with Crippen molar-refractivity contribution < 1.29 is 0 Å². The number of nitrogens with two attached hydrogens (primary N) is 1. The van der Waals surface area contributed by atoms with Crippen LogP contribution >= 0.6 is 0 Å². The normalized spacial score (nSPS) is 13.2. The second kappa shape index (κ2) is 5.95. The molecule has 19 heavy (non-hydrogen) atoms. The van der Waals surface area contributed by atoms with Gasteiger partial charge in [0.2, 0.25) is 0 Å². The Labute approximate surface area is 114 Å². The second-order valence-electron chi connectivity index (χ2n) is 5.37. The van der Waals surface area contributed by atoms with Gasteiger partial charge in [-0.15, -0.1) is 0 Å². The molecule has 1 atom stereocenters. The van der Waals surface area contributed by atoms with Gasteiger partial charge in [-0.3, -0.25) is 16.3 Å². The Bertz CT molecular complexity index is 494. The predicted octanol–water partition coefficient (Wildman–Crippen LogP) is 2.43. The van der Waals surface area contributed by atoms with Gasteiger partial charge in [-0.1, -0.05) is 44.2 Å². The van der Waals surface area contributed by atoms with Crippen LogP contribution in [-0.4, -0.2) is 11.0 Å². The zero-order chi connectivity index (χ0) is 13.7. The quantitative estimate of drug-likeness (QED) is 0.637. The van der Waals surface area contributed by atoms with E-state index in [-0.39, 0.29) is 11.5 Å². The molecule has 1 aromatic carbocycles. The van der Waals surface area contributed by atoms with Crippen LogP contribution < -0.4 is 11.3 Å². The summed E-state index contributed by atoms with van der Waals surface area (Å²) in [5.74, 6) is 5.78. The molecule has 100 valence electrons. The number of nitrogens with one attached hydrogen (secondary N) is 1. The fraction of sp³-hybridized carbons (Fsp3) is 0.312. The first-order valence-electron chi connectivity index (χ1n) is 6.55. The molecule has 3 heteroatoms. The van der Waals surface area contributed by atoms with Crippen LogP contribution in [0.2, 0.25) is 0 Å². The fourth-order valence-corrected chi connectivity index (χ4v) is 2.35. The van der Waals surface area contributed by atoms with Crippen LogP contribution in [0.3, 0.4) is 0 Å². The largest absolute Gasteiger partial charge is 0.271 e. The minimum Gasteiger partial charge on any atom is -0.271 e. The first-order chi connectivity index (χ1) is 9.14. The summed E-state index contributed by atoms with van der Waals surface area (Å²) in [6.07, 6.45) is 4.51. The number of hydrazine groups is 1. The van der Waals surface area contributed by atoms with Gasteiger partial charge in [-0.25, -0.2) is 0 Å². The third-order valence-corrected chi connectivity index (χ3v) is 3.78. The maximum atomic E-state index is 5.78. The van der Waals surface area contributed by atoms with Crippen LogP contribution in [0.25, 0.3) is 0 Å². The Morgan fingerprint density at radius 1 is 1.11 bits per heavy atom. The molecule has 0 aliphatic carbocycles. The Hall–Kier alpha value is -1.71. The molecule has 0 amide bonds. The van der Waals surface area contributed by atoms with Crippen LogP contribution in [0.15, 0.2) is 54.9 Å². The summed E-state index contributed by atoms with van der Waals surface area (Å²) < 4.78 is 0. The van der Waals surface area contributed by atoms with E-state index >= 15 is 0 Å². The van der Waals surface area contributed by atoms with Crippen molar-refractivity contribution in [1.82, 2.24) is 10.4 Å². The molecule has 0 aliphatic rings. The van der Waals surface area contributed by atoms with Crippen LogP contribution in [0.1, 0.15) is 25.0 Å². The van der Waals surface area contributed by atoms with Crippen molar-refractivity contribution in [2.75, 3.05) is 0 Å². The third-order valence-electron chi connectivity index (χ3n) is 3.78. The van der Waals surface area contributed by atoms with Crippen molar-refractivity contribution in [2.45, 2.75) is 31.7 Å². The number of benzene rings is 1. The fourth-order valence-electron chi connectivity index (χ4n) is 2.35. The summed E-state index contributed by atoms with van der Waals surface area (Å²) in [5.41, 5.74) is 5.45. The Morgan fingerprint density at radius 3 is 2.32 bits per heavy atom. The lowest BCUT2D eigenvalue weighted by atomic mass is 9.76. The van der Waals surface area contributed by atoms with Crippen molar-refractivity contribution in [3.63, 3.8) is 0 Å². The summed E-state index contributed by atoms with van der Waals surface area (Å²) in [5, 5.41) is 0. The van der Waals surface area contributed by atoms with Gasteiger partial charge in [-0.05, 0) is 29.7 Å². The van der Waals surface area contributed by atoms with Gasteiger partial charge in [0, 0.05) is 23.9 Å². The summed E-state index contributed by atoms with van der Waals surface area (Å²) >= 11 is 0. The van der Waals surface area contributed by atoms with Gasteiger partial charge in [0.25, 0.3) is 0 Å². The topological polar surface area (TPSA) is 50.9 Å². The molecule has 2 aromatic rings. The lowest BCUT2D eigenvalue weighted by Gasteiger charge is -2.34. The lowest BCUT2D eigenvalue weighted by molar-refractivity contribution is 0.341. The number of hydrogen-bond donors (Lipinski definition) is 2. The van der Waals surface area contributed by atoms with E-state index in [0.717, 1.165) is 6.42 Å². The Kier molecular flexibility index (Phi) is 4.30. The number of hydrogen-bond acceptors (Lipinski definition) is 3. The molecule has 0 saturated heterocycles. The second-order valence-corrected chi connectivity index (χ2v) is 5.37. The highest BCUT2D eigenvalue weighted by molar-refractivity contribution is 5.27. The zero-order valence-corrected chi connectivity index (χ0v) is 11.5. The SMILES string of the molecule is CC(C)(c1ccccc1)C(Cc1ccncc1)NN. The molecule has 0 saturated carbocycles. The molecule has 0 bridgehead atoms. The highest BCUT2D eigenvalue weighted by Crippen LogP contribution is 2.28. The van der Waals surface area contributed by atoms with E-state index in [1.165, 1.54) is 11.1 Å². The summed E-state index contributed by atoms with van der Waals surface area (Å²) in [4.78, 5) is 4.05. The van der Waals surface area contributed by atoms with Gasteiger partial charge in [0.15, 0.2) is 0 Å². The number of aromatic nitrogens is 1. The Balaban J connectivity index is 2.21. The zero-order valence-electron chi connectivity index (χ0n) is 11.5. The molecule has 1 aromatic heterocycles. The molecule has 1 unspecified atom stereocenters. The van der Waals surface area contributed by atoms with E-state index in [2.05, 4.69) is 48.5 Å². The van der Waals surface area contributed by atoms with Crippen LogP contribution in [0.5, 0.6) is 0 Å². The molecule has 0 radical (unpaired) electrons. The molecular weight excluding hydrogens is 234 g/mol. The molecule has 0 spiro atoms. The van der Waals surface area contributed by atoms with Crippen molar-refractivity contribution in [3.05, 3.63) is 66.0 Å². The van der Waals surface area contributed by atoms with Gasteiger partial charge in [0.1, 0.15) is 0 Å². The van der Waals surface area contributed by atoms with Crippen molar-refractivity contribution in [3.8, 4) is 0 Å². The van der Waals surface area contributed by atoms with Crippen molar-refractivity contribution >= 4 is 0 Å². The minimum atomic E-state index is -0.0424. The first kappa shape index (κ1) is 13.7. The molecule has 0 aliphatic heterocycles. The van der Waals surface area contributed by atoms with E-state index in [0.29, 0.717) is 0 Å². The van der Waals surface area contributed by atoms with E-state index in [4.69, 9.17) is 5.84 Å². The van der Waals surface area contributed by atoms with E-state index in [1.807, 2.05) is 30.6 Å². The van der Waals surface area contributed by atoms with E-state index in [9.17, 15) is 0 Å². The molecular formula is C16H21N3. The van der Waals surface area contributed by atoms with Crippen LogP contribution in [0.4, 0.5) is 0 Å². The summed E-state index contributed by atoms with van der Waals surface area (Å²) in [6.45, 7) is 4.43. The Morgan fingerprint density at radius 2 is 1.74 bits per heavy atom. The molecule has 0 fully saturated rings. The number of pyridine rings is 1. The molecule has 2 rings (SSSR count). The van der Waals surface area contributed by atoms with Gasteiger partial charge in [-0.2, -0.15) is 0 Å². The maximum absolute atomic E-state index is 5.78. The summed E-state index contributed by atoms with van der Waals surface area (Å²) in [6, 6.07) is 14.7. The van der Waals surface area contributed by atoms with Gasteiger partial charge < -0.3 is 0 Å².